The van der Waals surface area contributed by atoms with E-state index >= 15 is 0 Å². The highest BCUT2D eigenvalue weighted by Crippen LogP contribution is 2.22. The standard InChI is InChI=1S/C10H8BrClN4O2S/c11-7-3-9(10(12)14-4-7)19(17,18)16-5-8-1-2-13-6-15-8/h1-4,6,16H,5H2. The molecule has 2 heterocycles. The van der Waals surface area contributed by atoms with Crippen molar-refractivity contribution in [2.24, 2.45) is 0 Å². The van der Waals surface area contributed by atoms with E-state index in [9.17, 15) is 8.42 Å². The van der Waals surface area contributed by atoms with E-state index in [0.717, 1.165) is 0 Å². The van der Waals surface area contributed by atoms with Gasteiger partial charge in [-0.1, -0.05) is 11.6 Å². The summed E-state index contributed by atoms with van der Waals surface area (Å²) < 4.78 is 27.1. The fourth-order valence-corrected chi connectivity index (χ4v) is 3.20. The molecule has 2 aromatic heterocycles. The molecule has 100 valence electrons. The van der Waals surface area contributed by atoms with Crippen LogP contribution in [-0.2, 0) is 16.6 Å². The van der Waals surface area contributed by atoms with Crippen LogP contribution in [0.15, 0.2) is 40.2 Å². The van der Waals surface area contributed by atoms with Crippen molar-refractivity contribution in [1.29, 1.82) is 0 Å². The monoisotopic (exact) mass is 362 g/mol. The van der Waals surface area contributed by atoms with Crippen LogP contribution < -0.4 is 4.72 Å². The highest BCUT2D eigenvalue weighted by molar-refractivity contribution is 9.10. The molecular formula is C10H8BrClN4O2S. The zero-order valence-electron chi connectivity index (χ0n) is 9.42. The van der Waals surface area contributed by atoms with E-state index in [0.29, 0.717) is 10.2 Å². The molecule has 0 saturated heterocycles. The third kappa shape index (κ3) is 3.69. The Hall–Kier alpha value is -1.09. The largest absolute Gasteiger partial charge is 0.245 e. The van der Waals surface area contributed by atoms with Gasteiger partial charge in [0.2, 0.25) is 10.0 Å². The number of nitrogens with zero attached hydrogens (tertiary/aromatic N) is 3. The number of halogens is 2. The normalized spacial score (nSPS) is 11.5. The summed E-state index contributed by atoms with van der Waals surface area (Å²) >= 11 is 8.94. The van der Waals surface area contributed by atoms with Gasteiger partial charge in [0.1, 0.15) is 16.4 Å². The van der Waals surface area contributed by atoms with Crippen molar-refractivity contribution in [3.05, 3.63) is 46.2 Å². The second-order valence-corrected chi connectivity index (χ2v) is 6.48. The maximum atomic E-state index is 12.1. The quantitative estimate of drug-likeness (QED) is 0.837. The molecule has 0 spiro atoms. The number of hydrogen-bond acceptors (Lipinski definition) is 5. The summed E-state index contributed by atoms with van der Waals surface area (Å²) in [6, 6.07) is 3.00. The molecule has 0 aromatic carbocycles. The molecule has 0 aliphatic heterocycles. The SMILES string of the molecule is O=S(=O)(NCc1ccncn1)c1cc(Br)cnc1Cl. The van der Waals surface area contributed by atoms with Gasteiger partial charge in [-0.15, -0.1) is 0 Å². The minimum atomic E-state index is -3.75. The van der Waals surface area contributed by atoms with E-state index in [1.54, 1.807) is 6.07 Å². The lowest BCUT2D eigenvalue weighted by Gasteiger charge is -2.07. The molecule has 19 heavy (non-hydrogen) atoms. The first-order valence-electron chi connectivity index (χ1n) is 5.04. The fourth-order valence-electron chi connectivity index (χ4n) is 1.26. The Morgan fingerprint density at radius 1 is 1.37 bits per heavy atom. The predicted octanol–water partition coefficient (Wildman–Crippen LogP) is 1.77. The van der Waals surface area contributed by atoms with Crippen molar-refractivity contribution < 1.29 is 8.42 Å². The number of pyridine rings is 1. The lowest BCUT2D eigenvalue weighted by Crippen LogP contribution is -2.24. The summed E-state index contributed by atoms with van der Waals surface area (Å²) in [5, 5.41) is -0.0848. The van der Waals surface area contributed by atoms with Crippen LogP contribution in [-0.4, -0.2) is 23.4 Å². The van der Waals surface area contributed by atoms with Gasteiger partial charge in [0.15, 0.2) is 0 Å². The van der Waals surface area contributed by atoms with Crippen molar-refractivity contribution in [2.75, 3.05) is 0 Å². The maximum absolute atomic E-state index is 12.1. The average molecular weight is 364 g/mol. The smallest absolute Gasteiger partial charge is 0.244 e. The Balaban J connectivity index is 2.21. The molecule has 0 saturated carbocycles. The van der Waals surface area contributed by atoms with E-state index in [4.69, 9.17) is 11.6 Å². The Labute approximate surface area is 123 Å². The second kappa shape index (κ2) is 5.91. The Morgan fingerprint density at radius 2 is 2.16 bits per heavy atom. The zero-order chi connectivity index (χ0) is 13.9. The molecule has 0 aliphatic rings. The topological polar surface area (TPSA) is 84.8 Å². The molecule has 0 bridgehead atoms. The zero-order valence-corrected chi connectivity index (χ0v) is 12.6. The van der Waals surface area contributed by atoms with Crippen LogP contribution in [0.2, 0.25) is 5.15 Å². The van der Waals surface area contributed by atoms with Crippen LogP contribution >= 0.6 is 27.5 Å². The van der Waals surface area contributed by atoms with Crippen molar-refractivity contribution in [3.63, 3.8) is 0 Å². The highest BCUT2D eigenvalue weighted by atomic mass is 79.9. The fraction of sp³-hybridized carbons (Fsp3) is 0.100. The molecule has 0 unspecified atom stereocenters. The molecule has 0 amide bonds. The number of sulfonamides is 1. The van der Waals surface area contributed by atoms with Crippen molar-refractivity contribution >= 4 is 37.6 Å². The van der Waals surface area contributed by atoms with Crippen LogP contribution in [0.4, 0.5) is 0 Å². The van der Waals surface area contributed by atoms with Gasteiger partial charge in [0.25, 0.3) is 0 Å². The summed E-state index contributed by atoms with van der Waals surface area (Å²) in [5.41, 5.74) is 0.553. The molecule has 0 radical (unpaired) electrons. The summed E-state index contributed by atoms with van der Waals surface area (Å²) in [6.45, 7) is 0.0493. The van der Waals surface area contributed by atoms with E-state index in [1.807, 2.05) is 0 Å². The molecule has 9 heteroatoms. The van der Waals surface area contributed by atoms with Crippen molar-refractivity contribution in [1.82, 2.24) is 19.7 Å². The van der Waals surface area contributed by atoms with E-state index in [-0.39, 0.29) is 16.6 Å². The first-order chi connectivity index (χ1) is 8.99. The first kappa shape index (κ1) is 14.3. The van der Waals surface area contributed by atoms with Crippen molar-refractivity contribution in [3.8, 4) is 0 Å². The first-order valence-corrected chi connectivity index (χ1v) is 7.70. The van der Waals surface area contributed by atoms with Gasteiger partial charge in [0, 0.05) is 16.9 Å². The van der Waals surface area contributed by atoms with Crippen LogP contribution in [0, 0.1) is 0 Å². The van der Waals surface area contributed by atoms with Gasteiger partial charge in [0.05, 0.1) is 12.2 Å². The third-order valence-electron chi connectivity index (χ3n) is 2.15. The predicted molar refractivity (Wildman–Crippen MR) is 73.0 cm³/mol. The van der Waals surface area contributed by atoms with Gasteiger partial charge < -0.3 is 0 Å². The van der Waals surface area contributed by atoms with Crippen LogP contribution in [0.25, 0.3) is 0 Å². The summed E-state index contributed by atoms with van der Waals surface area (Å²) in [5.74, 6) is 0. The van der Waals surface area contributed by atoms with Gasteiger partial charge in [-0.3, -0.25) is 0 Å². The molecule has 1 N–H and O–H groups in total. The Morgan fingerprint density at radius 3 is 2.84 bits per heavy atom. The van der Waals surface area contributed by atoms with E-state index in [2.05, 4.69) is 35.6 Å². The minimum absolute atomic E-state index is 0.0493. The number of aromatic nitrogens is 3. The lowest BCUT2D eigenvalue weighted by molar-refractivity contribution is 0.580. The van der Waals surface area contributed by atoms with Crippen LogP contribution in [0.1, 0.15) is 5.69 Å². The Kier molecular flexibility index (Phi) is 4.46. The van der Waals surface area contributed by atoms with Crippen molar-refractivity contribution in [2.45, 2.75) is 11.4 Å². The second-order valence-electron chi connectivity index (χ2n) is 3.47. The molecule has 2 aromatic rings. The minimum Gasteiger partial charge on any atom is -0.245 e. The summed E-state index contributed by atoms with van der Waals surface area (Å²) in [6.07, 6.45) is 4.30. The molecule has 0 fully saturated rings. The molecule has 0 aliphatic carbocycles. The van der Waals surface area contributed by atoms with E-state index < -0.39 is 10.0 Å². The van der Waals surface area contributed by atoms with Gasteiger partial charge in [-0.25, -0.2) is 28.1 Å². The average Bonchev–Trinajstić information content (AvgIpc) is 2.40. The third-order valence-corrected chi connectivity index (χ3v) is 4.41. The molecule has 2 rings (SSSR count). The number of hydrogen-bond donors (Lipinski definition) is 1. The molecule has 6 nitrogen and oxygen atoms in total. The van der Waals surface area contributed by atoms with Gasteiger partial charge in [-0.2, -0.15) is 0 Å². The van der Waals surface area contributed by atoms with Crippen LogP contribution in [0.3, 0.4) is 0 Å². The lowest BCUT2D eigenvalue weighted by atomic mass is 10.4. The van der Waals surface area contributed by atoms with Gasteiger partial charge >= 0.3 is 0 Å². The summed E-state index contributed by atoms with van der Waals surface area (Å²) in [7, 11) is -3.75. The number of nitrogens with one attached hydrogen (secondary N) is 1. The summed E-state index contributed by atoms with van der Waals surface area (Å²) in [4.78, 5) is 11.4. The van der Waals surface area contributed by atoms with E-state index in [1.165, 1.54) is 24.8 Å². The maximum Gasteiger partial charge on any atom is 0.244 e. The Bertz CT molecular complexity index is 681. The molecule has 0 atom stereocenters. The number of rotatable bonds is 4. The molecular weight excluding hydrogens is 356 g/mol. The van der Waals surface area contributed by atoms with Crippen LogP contribution in [0.5, 0.6) is 0 Å². The highest BCUT2D eigenvalue weighted by Gasteiger charge is 2.19. The van der Waals surface area contributed by atoms with Gasteiger partial charge in [-0.05, 0) is 28.1 Å².